The third-order valence-corrected chi connectivity index (χ3v) is 2.52. The maximum Gasteiger partial charge on any atom is 0.186 e. The fourth-order valence-corrected chi connectivity index (χ4v) is 1.73. The molecule has 3 N–H and O–H groups in total. The van der Waals surface area contributed by atoms with E-state index in [9.17, 15) is 10.2 Å². The molecule has 4 nitrogen and oxygen atoms in total. The highest BCUT2D eigenvalue weighted by Gasteiger charge is 2.29. The zero-order chi connectivity index (χ0) is 10.1. The van der Waals surface area contributed by atoms with Crippen LogP contribution in [0.15, 0.2) is 24.3 Å². The van der Waals surface area contributed by atoms with Crippen LogP contribution in [0.25, 0.3) is 0 Å². The van der Waals surface area contributed by atoms with E-state index in [4.69, 9.17) is 0 Å². The number of aliphatic hydroxyl groups excluding tert-OH is 2. The number of rotatable bonds is 1. The first kappa shape index (κ1) is 9.45. The van der Waals surface area contributed by atoms with Crippen LogP contribution in [0.5, 0.6) is 0 Å². The molecule has 0 saturated carbocycles. The quantitative estimate of drug-likeness (QED) is 0.616. The van der Waals surface area contributed by atoms with Crippen LogP contribution >= 0.6 is 0 Å². The van der Waals surface area contributed by atoms with E-state index in [-0.39, 0.29) is 0 Å². The second-order valence-electron chi connectivity index (χ2n) is 3.31. The summed E-state index contributed by atoms with van der Waals surface area (Å²) in [6.45, 7) is 2.48. The van der Waals surface area contributed by atoms with E-state index in [1.807, 2.05) is 31.2 Å². The van der Waals surface area contributed by atoms with Gasteiger partial charge in [-0.2, -0.15) is 0 Å². The summed E-state index contributed by atoms with van der Waals surface area (Å²) in [6.07, 6.45) is -1.54. The number of anilines is 1. The number of nitrogens with zero attached hydrogens (tertiary/aromatic N) is 1. The standard InChI is InChI=1S/C10H14N2O2/c1-2-12-9(13)7-5-3-4-6-8(7)11-10(12)14/h3-6,9-11,13-14H,2H2,1H3. The van der Waals surface area contributed by atoms with Crippen molar-refractivity contribution in [2.45, 2.75) is 19.5 Å². The van der Waals surface area contributed by atoms with Crippen LogP contribution in [0, 0.1) is 0 Å². The molecule has 1 heterocycles. The van der Waals surface area contributed by atoms with Crippen molar-refractivity contribution in [3.8, 4) is 0 Å². The van der Waals surface area contributed by atoms with Gasteiger partial charge in [-0.1, -0.05) is 25.1 Å². The number of aliphatic hydroxyl groups is 2. The number of benzene rings is 1. The normalized spacial score (nSPS) is 26.8. The number of hydrogen-bond acceptors (Lipinski definition) is 4. The third kappa shape index (κ3) is 1.37. The molecule has 14 heavy (non-hydrogen) atoms. The van der Waals surface area contributed by atoms with Gasteiger partial charge in [0.1, 0.15) is 6.23 Å². The summed E-state index contributed by atoms with van der Waals surface area (Å²) >= 11 is 0. The van der Waals surface area contributed by atoms with Gasteiger partial charge < -0.3 is 15.5 Å². The van der Waals surface area contributed by atoms with Crippen LogP contribution in [0.3, 0.4) is 0 Å². The lowest BCUT2D eigenvalue weighted by Gasteiger charge is -2.37. The van der Waals surface area contributed by atoms with Crippen LogP contribution < -0.4 is 5.32 Å². The maximum absolute atomic E-state index is 9.92. The van der Waals surface area contributed by atoms with Crippen LogP contribution in [-0.2, 0) is 0 Å². The molecule has 0 bridgehead atoms. The maximum atomic E-state index is 9.92. The summed E-state index contributed by atoms with van der Waals surface area (Å²) < 4.78 is 0. The van der Waals surface area contributed by atoms with Gasteiger partial charge in [-0.25, -0.2) is 4.90 Å². The largest absolute Gasteiger partial charge is 0.374 e. The first-order chi connectivity index (χ1) is 6.74. The highest BCUT2D eigenvalue weighted by Crippen LogP contribution is 2.31. The first-order valence-corrected chi connectivity index (χ1v) is 4.71. The average Bonchev–Trinajstić information content (AvgIpc) is 2.18. The third-order valence-electron chi connectivity index (χ3n) is 2.52. The van der Waals surface area contributed by atoms with E-state index in [2.05, 4.69) is 5.32 Å². The SMILES string of the molecule is CCN1C(O)Nc2ccccc2C1O. The summed E-state index contributed by atoms with van der Waals surface area (Å²) in [5.41, 5.74) is 1.59. The summed E-state index contributed by atoms with van der Waals surface area (Å²) in [5, 5.41) is 22.5. The zero-order valence-corrected chi connectivity index (χ0v) is 8.01. The van der Waals surface area contributed by atoms with Gasteiger partial charge in [0.2, 0.25) is 0 Å². The van der Waals surface area contributed by atoms with Crippen LogP contribution in [0.4, 0.5) is 5.69 Å². The van der Waals surface area contributed by atoms with Gasteiger partial charge in [0.25, 0.3) is 0 Å². The Morgan fingerprint density at radius 2 is 2.07 bits per heavy atom. The second kappa shape index (κ2) is 3.57. The molecule has 76 valence electrons. The number of hydrogen-bond donors (Lipinski definition) is 3. The van der Waals surface area contributed by atoms with Crippen molar-refractivity contribution in [3.63, 3.8) is 0 Å². The monoisotopic (exact) mass is 194 g/mol. The molecule has 2 rings (SSSR count). The van der Waals surface area contributed by atoms with Gasteiger partial charge in [-0.3, -0.25) is 0 Å². The number of nitrogens with one attached hydrogen (secondary N) is 1. The summed E-state index contributed by atoms with van der Waals surface area (Å²) in [4.78, 5) is 1.57. The van der Waals surface area contributed by atoms with Crippen molar-refractivity contribution < 1.29 is 10.2 Å². The van der Waals surface area contributed by atoms with Gasteiger partial charge in [-0.15, -0.1) is 0 Å². The molecule has 0 amide bonds. The molecule has 1 aromatic rings. The van der Waals surface area contributed by atoms with Crippen LogP contribution in [-0.4, -0.2) is 28.0 Å². The summed E-state index contributed by atoms with van der Waals surface area (Å²) in [5.74, 6) is 0. The van der Waals surface area contributed by atoms with Gasteiger partial charge in [0.05, 0.1) is 0 Å². The Labute approximate surface area is 82.8 Å². The molecule has 1 aromatic carbocycles. The molecule has 4 heteroatoms. The minimum Gasteiger partial charge on any atom is -0.374 e. The minimum absolute atomic E-state index is 0.587. The van der Waals surface area contributed by atoms with Crippen molar-refractivity contribution in [1.82, 2.24) is 4.90 Å². The van der Waals surface area contributed by atoms with Crippen LogP contribution in [0.2, 0.25) is 0 Å². The van der Waals surface area contributed by atoms with E-state index in [0.717, 1.165) is 11.3 Å². The second-order valence-corrected chi connectivity index (χ2v) is 3.31. The molecular weight excluding hydrogens is 180 g/mol. The lowest BCUT2D eigenvalue weighted by molar-refractivity contribution is -0.0945. The molecule has 0 saturated heterocycles. The smallest absolute Gasteiger partial charge is 0.186 e. The molecular formula is C10H14N2O2. The predicted octanol–water partition coefficient (Wildman–Crippen LogP) is 0.701. The lowest BCUT2D eigenvalue weighted by Crippen LogP contribution is -2.46. The van der Waals surface area contributed by atoms with E-state index in [0.29, 0.717) is 6.54 Å². The Hall–Kier alpha value is -1.10. The average molecular weight is 194 g/mol. The molecule has 0 aliphatic carbocycles. The summed E-state index contributed by atoms with van der Waals surface area (Å²) in [6, 6.07) is 7.43. The van der Waals surface area contributed by atoms with Crippen molar-refractivity contribution in [2.24, 2.45) is 0 Å². The molecule has 0 aromatic heterocycles. The van der Waals surface area contributed by atoms with Crippen LogP contribution in [0.1, 0.15) is 18.7 Å². The van der Waals surface area contributed by atoms with Crippen molar-refractivity contribution in [2.75, 3.05) is 11.9 Å². The topological polar surface area (TPSA) is 55.7 Å². The fourth-order valence-electron chi connectivity index (χ4n) is 1.73. The minimum atomic E-state index is -0.815. The lowest BCUT2D eigenvalue weighted by atomic mass is 10.1. The van der Waals surface area contributed by atoms with Gasteiger partial charge >= 0.3 is 0 Å². The number of para-hydroxylation sites is 1. The van der Waals surface area contributed by atoms with Crippen molar-refractivity contribution in [3.05, 3.63) is 29.8 Å². The highest BCUT2D eigenvalue weighted by molar-refractivity contribution is 5.53. The van der Waals surface area contributed by atoms with Crippen molar-refractivity contribution in [1.29, 1.82) is 0 Å². The Kier molecular flexibility index (Phi) is 2.41. The molecule has 0 fully saturated rings. The fraction of sp³-hybridized carbons (Fsp3) is 0.400. The van der Waals surface area contributed by atoms with Gasteiger partial charge in [0.15, 0.2) is 6.35 Å². The molecule has 1 aliphatic heterocycles. The first-order valence-electron chi connectivity index (χ1n) is 4.71. The van der Waals surface area contributed by atoms with Gasteiger partial charge in [0, 0.05) is 17.8 Å². The zero-order valence-electron chi connectivity index (χ0n) is 8.01. The summed E-state index contributed by atoms with van der Waals surface area (Å²) in [7, 11) is 0. The Bertz CT molecular complexity index is 330. The molecule has 0 radical (unpaired) electrons. The molecule has 0 spiro atoms. The molecule has 2 unspecified atom stereocenters. The van der Waals surface area contributed by atoms with E-state index >= 15 is 0 Å². The number of fused-ring (bicyclic) bond motifs is 1. The molecule has 2 atom stereocenters. The van der Waals surface area contributed by atoms with Gasteiger partial charge in [-0.05, 0) is 6.07 Å². The highest BCUT2D eigenvalue weighted by atomic mass is 16.3. The Morgan fingerprint density at radius 1 is 1.36 bits per heavy atom. The van der Waals surface area contributed by atoms with E-state index in [1.165, 1.54) is 0 Å². The van der Waals surface area contributed by atoms with Crippen molar-refractivity contribution >= 4 is 5.69 Å². The predicted molar refractivity (Wildman–Crippen MR) is 53.4 cm³/mol. The Balaban J connectivity index is 2.38. The molecule has 1 aliphatic rings. The van der Waals surface area contributed by atoms with E-state index in [1.54, 1.807) is 4.90 Å². The Morgan fingerprint density at radius 3 is 2.79 bits per heavy atom. The van der Waals surface area contributed by atoms with E-state index < -0.39 is 12.6 Å².